The van der Waals surface area contributed by atoms with E-state index >= 15 is 0 Å². The van der Waals surface area contributed by atoms with Crippen molar-refractivity contribution < 1.29 is 5.11 Å². The predicted molar refractivity (Wildman–Crippen MR) is 147 cm³/mol. The maximum Gasteiger partial charge on any atom is 0.123 e. The van der Waals surface area contributed by atoms with Crippen molar-refractivity contribution in [1.29, 1.82) is 0 Å². The van der Waals surface area contributed by atoms with Crippen LogP contribution in [-0.2, 0) is 10.8 Å². The second-order valence-electron chi connectivity index (χ2n) is 13.4. The maximum absolute atomic E-state index is 11.2. The summed E-state index contributed by atoms with van der Waals surface area (Å²) in [7, 11) is 0. The molecule has 0 unspecified atom stereocenters. The van der Waals surface area contributed by atoms with Gasteiger partial charge in [-0.1, -0.05) is 80.1 Å². The molecule has 0 aliphatic heterocycles. The van der Waals surface area contributed by atoms with E-state index < -0.39 is 0 Å². The highest BCUT2D eigenvalue weighted by Gasteiger charge is 2.30. The lowest BCUT2D eigenvalue weighted by Gasteiger charge is -2.32. The Morgan fingerprint density at radius 1 is 0.886 bits per heavy atom. The number of nitrogens with zero attached hydrogens (tertiary/aromatic N) is 1. The molecule has 1 atom stereocenters. The van der Waals surface area contributed by atoms with Crippen molar-refractivity contribution in [3.8, 4) is 17.0 Å². The molecule has 2 aliphatic carbocycles. The standard InChI is InChI=1S/C31H49N3O/c1-30(2,3)24-17-23(18-25(28(24)35)31(4,5)6)26-20-33-29(34-26)27(22-15-11-8-12-16-22)32-19-21-13-9-7-10-14-21/h17-18,20-22,27,32,35H,7-16,19H2,1-6H3,(H,33,34)/t27-/m0/s1. The van der Waals surface area contributed by atoms with Crippen LogP contribution >= 0.6 is 0 Å². The van der Waals surface area contributed by atoms with E-state index in [9.17, 15) is 5.11 Å². The number of phenolic OH excluding ortho intramolecular Hbond substituents is 1. The van der Waals surface area contributed by atoms with Crippen LogP contribution in [0.2, 0.25) is 0 Å². The Morgan fingerprint density at radius 3 is 1.97 bits per heavy atom. The Hall–Kier alpha value is -1.81. The monoisotopic (exact) mass is 479 g/mol. The third kappa shape index (κ3) is 6.31. The number of benzene rings is 1. The highest BCUT2D eigenvalue weighted by molar-refractivity contribution is 5.66. The van der Waals surface area contributed by atoms with Gasteiger partial charge in [0.2, 0.25) is 0 Å². The molecule has 1 aromatic carbocycles. The first-order chi connectivity index (χ1) is 16.5. The second kappa shape index (κ2) is 10.7. The van der Waals surface area contributed by atoms with Crippen molar-refractivity contribution >= 4 is 0 Å². The van der Waals surface area contributed by atoms with Gasteiger partial charge in [0.1, 0.15) is 11.6 Å². The highest BCUT2D eigenvalue weighted by Crippen LogP contribution is 2.42. The van der Waals surface area contributed by atoms with Crippen LogP contribution in [0.25, 0.3) is 11.3 Å². The first-order valence-corrected chi connectivity index (χ1v) is 14.2. The first kappa shape index (κ1) is 26.3. The lowest BCUT2D eigenvalue weighted by Crippen LogP contribution is -2.34. The van der Waals surface area contributed by atoms with Gasteiger partial charge in [-0.2, -0.15) is 0 Å². The summed E-state index contributed by atoms with van der Waals surface area (Å²) in [6, 6.07) is 4.62. The zero-order valence-electron chi connectivity index (χ0n) is 23.1. The third-order valence-corrected chi connectivity index (χ3v) is 8.40. The molecule has 4 nitrogen and oxygen atoms in total. The van der Waals surface area contributed by atoms with Gasteiger partial charge in [-0.3, -0.25) is 0 Å². The minimum Gasteiger partial charge on any atom is -0.507 e. The molecule has 0 spiro atoms. The fraction of sp³-hybridized carbons (Fsp3) is 0.710. The molecule has 2 saturated carbocycles. The highest BCUT2D eigenvalue weighted by atomic mass is 16.3. The molecular formula is C31H49N3O. The van der Waals surface area contributed by atoms with Crippen molar-refractivity contribution in [2.24, 2.45) is 11.8 Å². The lowest BCUT2D eigenvalue weighted by atomic mass is 9.78. The van der Waals surface area contributed by atoms with E-state index in [1.54, 1.807) is 0 Å². The molecule has 0 radical (unpaired) electrons. The Labute approximate surface area is 213 Å². The summed E-state index contributed by atoms with van der Waals surface area (Å²) >= 11 is 0. The molecule has 4 heteroatoms. The van der Waals surface area contributed by atoms with Gasteiger partial charge in [0, 0.05) is 16.7 Å². The largest absolute Gasteiger partial charge is 0.507 e. The first-order valence-electron chi connectivity index (χ1n) is 14.2. The van der Waals surface area contributed by atoms with Gasteiger partial charge in [-0.05, 0) is 67.0 Å². The number of rotatable bonds is 6. The number of aromatic hydroxyl groups is 1. The molecule has 2 aliphatic rings. The quantitative estimate of drug-likeness (QED) is 0.391. The fourth-order valence-electron chi connectivity index (χ4n) is 6.21. The molecule has 1 aromatic heterocycles. The number of hydrogen-bond acceptors (Lipinski definition) is 3. The average molecular weight is 480 g/mol. The van der Waals surface area contributed by atoms with Crippen LogP contribution in [0.4, 0.5) is 0 Å². The molecule has 194 valence electrons. The number of imidazole rings is 1. The van der Waals surface area contributed by atoms with E-state index in [1.165, 1.54) is 64.2 Å². The zero-order valence-corrected chi connectivity index (χ0v) is 23.1. The van der Waals surface area contributed by atoms with Crippen molar-refractivity contribution in [3.05, 3.63) is 35.3 Å². The Morgan fingerprint density at radius 2 is 1.43 bits per heavy atom. The minimum absolute atomic E-state index is 0.144. The molecule has 2 fully saturated rings. The second-order valence-corrected chi connectivity index (χ2v) is 13.4. The van der Waals surface area contributed by atoms with Gasteiger partial charge >= 0.3 is 0 Å². The number of aromatic nitrogens is 2. The van der Waals surface area contributed by atoms with Gasteiger partial charge in [0.05, 0.1) is 17.9 Å². The Bertz CT molecular complexity index is 931. The minimum atomic E-state index is -0.144. The molecule has 35 heavy (non-hydrogen) atoms. The molecule has 0 saturated heterocycles. The molecule has 0 bridgehead atoms. The summed E-state index contributed by atoms with van der Waals surface area (Å²) in [5.74, 6) is 2.99. The summed E-state index contributed by atoms with van der Waals surface area (Å²) in [4.78, 5) is 8.69. The van der Waals surface area contributed by atoms with Crippen LogP contribution in [0.15, 0.2) is 18.3 Å². The van der Waals surface area contributed by atoms with Crippen molar-refractivity contribution in [2.45, 2.75) is 123 Å². The topological polar surface area (TPSA) is 60.9 Å². The van der Waals surface area contributed by atoms with Gasteiger partial charge in [-0.25, -0.2) is 4.98 Å². The molecule has 3 N–H and O–H groups in total. The molecule has 2 aromatic rings. The third-order valence-electron chi connectivity index (χ3n) is 8.40. The normalized spacial score (nSPS) is 19.7. The van der Waals surface area contributed by atoms with Crippen LogP contribution in [0, 0.1) is 11.8 Å². The number of nitrogens with one attached hydrogen (secondary N) is 2. The predicted octanol–water partition coefficient (Wildman–Crippen LogP) is 8.17. The fourth-order valence-corrected chi connectivity index (χ4v) is 6.21. The Balaban J connectivity index is 1.65. The van der Waals surface area contributed by atoms with Gasteiger partial charge in [-0.15, -0.1) is 0 Å². The summed E-state index contributed by atoms with van der Waals surface area (Å²) < 4.78 is 0. The van der Waals surface area contributed by atoms with Gasteiger partial charge < -0.3 is 15.4 Å². The van der Waals surface area contributed by atoms with Crippen molar-refractivity contribution in [1.82, 2.24) is 15.3 Å². The van der Waals surface area contributed by atoms with Crippen LogP contribution < -0.4 is 5.32 Å². The number of hydrogen-bond donors (Lipinski definition) is 3. The van der Waals surface area contributed by atoms with Crippen molar-refractivity contribution in [2.75, 3.05) is 6.54 Å². The zero-order chi connectivity index (χ0) is 25.2. The van der Waals surface area contributed by atoms with E-state index in [-0.39, 0.29) is 10.8 Å². The number of phenols is 1. The lowest BCUT2D eigenvalue weighted by molar-refractivity contribution is 0.242. The van der Waals surface area contributed by atoms with Crippen LogP contribution in [-0.4, -0.2) is 21.6 Å². The van der Waals surface area contributed by atoms with E-state index in [2.05, 4.69) is 64.0 Å². The summed E-state index contributed by atoms with van der Waals surface area (Å²) in [6.45, 7) is 14.1. The molecule has 4 rings (SSSR count). The van der Waals surface area contributed by atoms with E-state index in [4.69, 9.17) is 4.98 Å². The van der Waals surface area contributed by atoms with Crippen LogP contribution in [0.1, 0.15) is 129 Å². The van der Waals surface area contributed by atoms with Crippen molar-refractivity contribution in [3.63, 3.8) is 0 Å². The van der Waals surface area contributed by atoms with Crippen LogP contribution in [0.3, 0.4) is 0 Å². The molecular weight excluding hydrogens is 430 g/mol. The Kier molecular flexibility index (Phi) is 8.00. The maximum atomic E-state index is 11.2. The van der Waals surface area contributed by atoms with E-state index in [0.717, 1.165) is 40.7 Å². The van der Waals surface area contributed by atoms with E-state index in [0.29, 0.717) is 17.7 Å². The van der Waals surface area contributed by atoms with Gasteiger partial charge in [0.15, 0.2) is 0 Å². The van der Waals surface area contributed by atoms with Crippen LogP contribution in [0.5, 0.6) is 5.75 Å². The summed E-state index contributed by atoms with van der Waals surface area (Å²) in [5, 5.41) is 15.1. The smallest absolute Gasteiger partial charge is 0.123 e. The number of aromatic amines is 1. The summed E-state index contributed by atoms with van der Waals surface area (Å²) in [6.07, 6.45) is 15.6. The summed E-state index contributed by atoms with van der Waals surface area (Å²) in [5.41, 5.74) is 3.87. The van der Waals surface area contributed by atoms with Gasteiger partial charge in [0.25, 0.3) is 0 Å². The molecule has 1 heterocycles. The molecule has 0 amide bonds. The average Bonchev–Trinajstić information content (AvgIpc) is 3.29. The van der Waals surface area contributed by atoms with E-state index in [1.807, 2.05) is 6.20 Å². The number of H-pyrrole nitrogens is 1. The SMILES string of the molecule is CC(C)(C)c1cc(-c2cnc([C@@H](NCC3CCCCC3)C3CCCCC3)[nH]2)cc(C(C)(C)C)c1O.